The number of carboxylic acids is 1. The molecular formula is C21H25NO3. The summed E-state index contributed by atoms with van der Waals surface area (Å²) in [4.78, 5) is 23.0. The zero-order valence-corrected chi connectivity index (χ0v) is 15.0. The fourth-order valence-electron chi connectivity index (χ4n) is 2.78. The molecule has 0 radical (unpaired) electrons. The zero-order chi connectivity index (χ0) is 18.4. The first-order valence-corrected chi connectivity index (χ1v) is 8.61. The van der Waals surface area contributed by atoms with Gasteiger partial charge >= 0.3 is 5.97 Å². The molecule has 0 aliphatic heterocycles. The molecule has 2 rings (SSSR count). The summed E-state index contributed by atoms with van der Waals surface area (Å²) in [6.07, 6.45) is 2.02. The molecule has 2 aromatic carbocycles. The van der Waals surface area contributed by atoms with Crippen molar-refractivity contribution in [2.45, 2.75) is 46.1 Å². The summed E-state index contributed by atoms with van der Waals surface area (Å²) in [6, 6.07) is 13.4. The second-order valence-corrected chi connectivity index (χ2v) is 6.33. The Hall–Kier alpha value is -2.62. The van der Waals surface area contributed by atoms with Crippen LogP contribution in [0.25, 0.3) is 0 Å². The van der Waals surface area contributed by atoms with Gasteiger partial charge in [-0.15, -0.1) is 0 Å². The second kappa shape index (κ2) is 8.47. The third-order valence-corrected chi connectivity index (χ3v) is 4.36. The van der Waals surface area contributed by atoms with E-state index in [9.17, 15) is 9.59 Å². The number of carbonyl (C=O) groups excluding carboxylic acids is 1. The van der Waals surface area contributed by atoms with E-state index in [2.05, 4.69) is 18.3 Å². The number of hydrogen-bond acceptors (Lipinski definition) is 3. The van der Waals surface area contributed by atoms with Gasteiger partial charge in [0.25, 0.3) is 0 Å². The van der Waals surface area contributed by atoms with Gasteiger partial charge in [0.15, 0.2) is 5.78 Å². The predicted molar refractivity (Wildman–Crippen MR) is 100 cm³/mol. The molecule has 1 atom stereocenters. The predicted octanol–water partition coefficient (Wildman–Crippen LogP) is 4.64. The molecule has 132 valence electrons. The Bertz CT molecular complexity index is 750. The van der Waals surface area contributed by atoms with Crippen LogP contribution < -0.4 is 5.32 Å². The van der Waals surface area contributed by atoms with E-state index in [1.165, 1.54) is 5.56 Å². The fourth-order valence-corrected chi connectivity index (χ4v) is 2.78. The van der Waals surface area contributed by atoms with Gasteiger partial charge in [0.2, 0.25) is 0 Å². The first kappa shape index (κ1) is 18.7. The van der Waals surface area contributed by atoms with Crippen LogP contribution in [-0.2, 0) is 17.8 Å². The quantitative estimate of drug-likeness (QED) is 0.688. The maximum absolute atomic E-state index is 11.9. The van der Waals surface area contributed by atoms with Crippen LogP contribution in [0.2, 0.25) is 0 Å². The molecule has 4 nitrogen and oxygen atoms in total. The molecule has 1 unspecified atom stereocenters. The van der Waals surface area contributed by atoms with Gasteiger partial charge in [0.1, 0.15) is 0 Å². The van der Waals surface area contributed by atoms with E-state index in [1.807, 2.05) is 36.4 Å². The molecule has 0 saturated heterocycles. The van der Waals surface area contributed by atoms with E-state index < -0.39 is 11.9 Å². The number of benzene rings is 2. The lowest BCUT2D eigenvalue weighted by atomic mass is 9.98. The molecule has 0 bridgehead atoms. The molecule has 0 saturated carbocycles. The van der Waals surface area contributed by atoms with Gasteiger partial charge in [-0.05, 0) is 55.2 Å². The van der Waals surface area contributed by atoms with Crippen molar-refractivity contribution >= 4 is 17.4 Å². The van der Waals surface area contributed by atoms with Gasteiger partial charge < -0.3 is 10.4 Å². The summed E-state index contributed by atoms with van der Waals surface area (Å²) in [5.74, 6) is -1.29. The van der Waals surface area contributed by atoms with E-state index in [1.54, 1.807) is 13.8 Å². The molecule has 0 amide bonds. The molecule has 0 aliphatic carbocycles. The number of Topliss-reactive ketones (excluding diaryl/α,β-unsaturated/α-hetero) is 1. The highest BCUT2D eigenvalue weighted by Gasteiger charge is 2.13. The minimum absolute atomic E-state index is 0.0698. The number of anilines is 1. The summed E-state index contributed by atoms with van der Waals surface area (Å²) >= 11 is 0. The molecule has 4 heteroatoms. The molecular weight excluding hydrogens is 314 g/mol. The molecule has 2 N–H and O–H groups in total. The van der Waals surface area contributed by atoms with Crippen molar-refractivity contribution < 1.29 is 14.7 Å². The molecule has 0 heterocycles. The van der Waals surface area contributed by atoms with Crippen molar-refractivity contribution in [2.24, 2.45) is 0 Å². The average molecular weight is 339 g/mol. The average Bonchev–Trinajstić information content (AvgIpc) is 2.60. The maximum Gasteiger partial charge on any atom is 0.310 e. The third kappa shape index (κ3) is 4.92. The van der Waals surface area contributed by atoms with Gasteiger partial charge in [-0.2, -0.15) is 0 Å². The third-order valence-electron chi connectivity index (χ3n) is 4.36. The summed E-state index contributed by atoms with van der Waals surface area (Å²) in [5.41, 5.74) is 4.58. The van der Waals surface area contributed by atoms with Crippen LogP contribution in [0.1, 0.15) is 60.2 Å². The van der Waals surface area contributed by atoms with E-state index >= 15 is 0 Å². The van der Waals surface area contributed by atoms with E-state index in [4.69, 9.17) is 5.11 Å². The highest BCUT2D eigenvalue weighted by atomic mass is 16.4. The normalized spacial score (nSPS) is 11.8. The summed E-state index contributed by atoms with van der Waals surface area (Å²) in [6.45, 7) is 5.94. The van der Waals surface area contributed by atoms with Crippen molar-refractivity contribution in [3.05, 3.63) is 64.7 Å². The van der Waals surface area contributed by atoms with Crippen molar-refractivity contribution in [2.75, 3.05) is 5.32 Å². The van der Waals surface area contributed by atoms with Crippen molar-refractivity contribution in [1.82, 2.24) is 0 Å². The van der Waals surface area contributed by atoms with E-state index in [-0.39, 0.29) is 5.78 Å². The van der Waals surface area contributed by atoms with Crippen molar-refractivity contribution in [1.29, 1.82) is 0 Å². The van der Waals surface area contributed by atoms with Crippen LogP contribution in [-0.4, -0.2) is 16.9 Å². The number of aliphatic carboxylic acids is 1. The van der Waals surface area contributed by atoms with Gasteiger partial charge in [-0.3, -0.25) is 9.59 Å². The number of hydrogen-bond donors (Lipinski definition) is 2. The highest BCUT2D eigenvalue weighted by Crippen LogP contribution is 2.20. The largest absolute Gasteiger partial charge is 0.481 e. The molecule has 0 aromatic heterocycles. The monoisotopic (exact) mass is 339 g/mol. The molecule has 0 spiro atoms. The number of aryl methyl sites for hydroxylation is 1. The summed E-state index contributed by atoms with van der Waals surface area (Å²) in [5, 5.41) is 12.4. The van der Waals surface area contributed by atoms with E-state index in [0.717, 1.165) is 35.2 Å². The zero-order valence-electron chi connectivity index (χ0n) is 15.0. The Morgan fingerprint density at radius 2 is 1.80 bits per heavy atom. The first-order chi connectivity index (χ1) is 11.9. The lowest BCUT2D eigenvalue weighted by molar-refractivity contribution is -0.138. The molecule has 0 aliphatic rings. The maximum atomic E-state index is 11.9. The van der Waals surface area contributed by atoms with Gasteiger partial charge in [-0.1, -0.05) is 37.6 Å². The number of nitrogens with one attached hydrogen (secondary N) is 1. The van der Waals surface area contributed by atoms with Gasteiger partial charge in [0.05, 0.1) is 5.92 Å². The van der Waals surface area contributed by atoms with Crippen LogP contribution in [0, 0.1) is 0 Å². The standard InChI is InChI=1S/C21H25NO3/c1-4-5-16-6-7-18(20(12-16)15(3)23)13-22-19-10-8-17(9-11-19)14(2)21(24)25/h6-12,14,22H,4-5,13H2,1-3H3,(H,24,25). The van der Waals surface area contributed by atoms with E-state index in [0.29, 0.717) is 6.54 Å². The first-order valence-electron chi connectivity index (χ1n) is 8.61. The molecule has 2 aromatic rings. The minimum atomic E-state index is -0.834. The Labute approximate surface area is 148 Å². The van der Waals surface area contributed by atoms with Gasteiger partial charge in [0, 0.05) is 17.8 Å². The lowest BCUT2D eigenvalue weighted by Gasteiger charge is -2.13. The smallest absolute Gasteiger partial charge is 0.310 e. The Kier molecular flexibility index (Phi) is 6.34. The van der Waals surface area contributed by atoms with Crippen LogP contribution in [0.15, 0.2) is 42.5 Å². The Balaban J connectivity index is 2.10. The molecule has 25 heavy (non-hydrogen) atoms. The van der Waals surface area contributed by atoms with Crippen LogP contribution in [0.4, 0.5) is 5.69 Å². The number of carbonyl (C=O) groups is 2. The number of ketones is 1. The number of rotatable bonds is 8. The summed E-state index contributed by atoms with van der Waals surface area (Å²) in [7, 11) is 0. The fraction of sp³-hybridized carbons (Fsp3) is 0.333. The summed E-state index contributed by atoms with van der Waals surface area (Å²) < 4.78 is 0. The second-order valence-electron chi connectivity index (χ2n) is 6.33. The SMILES string of the molecule is CCCc1ccc(CNc2ccc(C(C)C(=O)O)cc2)c(C(C)=O)c1. The Morgan fingerprint density at radius 3 is 2.36 bits per heavy atom. The lowest BCUT2D eigenvalue weighted by Crippen LogP contribution is -2.08. The van der Waals surface area contributed by atoms with Crippen molar-refractivity contribution in [3.63, 3.8) is 0 Å². The minimum Gasteiger partial charge on any atom is -0.481 e. The van der Waals surface area contributed by atoms with Crippen molar-refractivity contribution in [3.8, 4) is 0 Å². The number of carboxylic acid groups (broad SMARTS) is 1. The van der Waals surface area contributed by atoms with Crippen LogP contribution in [0.5, 0.6) is 0 Å². The highest BCUT2D eigenvalue weighted by molar-refractivity contribution is 5.95. The molecule has 0 fully saturated rings. The Morgan fingerprint density at radius 1 is 1.12 bits per heavy atom. The van der Waals surface area contributed by atoms with Crippen LogP contribution >= 0.6 is 0 Å². The van der Waals surface area contributed by atoms with Gasteiger partial charge in [-0.25, -0.2) is 0 Å². The topological polar surface area (TPSA) is 66.4 Å². The van der Waals surface area contributed by atoms with Crippen LogP contribution in [0.3, 0.4) is 0 Å².